The molecule has 1 atom stereocenters. The summed E-state index contributed by atoms with van der Waals surface area (Å²) < 4.78 is 5.03. The predicted octanol–water partition coefficient (Wildman–Crippen LogP) is 2.31. The van der Waals surface area contributed by atoms with Gasteiger partial charge < -0.3 is 15.0 Å². The standard InChI is InChI=1S/C19H21N3O4S/c1-13(21)15(10-20)16(23)11-26-19(25)14-6-2-3-7-17(14)27-12-18(24)22-8-4-5-9-22/h2-3,6-7,15,21H,4-5,8-9,11-12H2,1H3. The van der Waals surface area contributed by atoms with Crippen LogP contribution >= 0.6 is 11.8 Å². The third kappa shape index (κ3) is 5.66. The van der Waals surface area contributed by atoms with E-state index >= 15 is 0 Å². The number of ketones is 1. The molecule has 1 heterocycles. The summed E-state index contributed by atoms with van der Waals surface area (Å²) in [7, 11) is 0. The van der Waals surface area contributed by atoms with Crippen LogP contribution in [-0.2, 0) is 14.3 Å². The van der Waals surface area contributed by atoms with Gasteiger partial charge in [-0.2, -0.15) is 5.26 Å². The molecule has 1 aliphatic rings. The molecule has 7 nitrogen and oxygen atoms in total. The van der Waals surface area contributed by atoms with Gasteiger partial charge in [-0.05, 0) is 31.9 Å². The summed E-state index contributed by atoms with van der Waals surface area (Å²) in [6.07, 6.45) is 2.04. The molecular formula is C19H21N3O4S. The molecule has 1 fully saturated rings. The number of carbonyl (C=O) groups is 3. The summed E-state index contributed by atoms with van der Waals surface area (Å²) >= 11 is 1.26. The van der Waals surface area contributed by atoms with E-state index in [0.717, 1.165) is 25.9 Å². The molecule has 142 valence electrons. The number of likely N-dealkylation sites (tertiary alicyclic amines) is 1. The lowest BCUT2D eigenvalue weighted by Crippen LogP contribution is -2.29. The highest BCUT2D eigenvalue weighted by molar-refractivity contribution is 8.00. The molecule has 1 aromatic rings. The number of thioether (sulfide) groups is 1. The summed E-state index contributed by atoms with van der Waals surface area (Å²) in [5.74, 6) is -2.27. The molecule has 0 aromatic heterocycles. The van der Waals surface area contributed by atoms with Gasteiger partial charge in [0.05, 0.1) is 17.4 Å². The molecule has 0 radical (unpaired) electrons. The third-order valence-corrected chi connectivity index (χ3v) is 5.20. The molecule has 1 unspecified atom stereocenters. The molecule has 27 heavy (non-hydrogen) atoms. The Morgan fingerprint density at radius 1 is 1.30 bits per heavy atom. The Kier molecular flexibility index (Phi) is 7.55. The Balaban J connectivity index is 1.96. The monoisotopic (exact) mass is 387 g/mol. The van der Waals surface area contributed by atoms with Gasteiger partial charge in [0, 0.05) is 23.7 Å². The third-order valence-electron chi connectivity index (χ3n) is 4.15. The van der Waals surface area contributed by atoms with E-state index in [4.69, 9.17) is 15.4 Å². The normalized spacial score (nSPS) is 14.3. The fourth-order valence-corrected chi connectivity index (χ4v) is 3.61. The summed E-state index contributed by atoms with van der Waals surface area (Å²) in [5, 5.41) is 16.3. The van der Waals surface area contributed by atoms with Crippen molar-refractivity contribution in [3.05, 3.63) is 29.8 Å². The van der Waals surface area contributed by atoms with Crippen molar-refractivity contribution in [2.24, 2.45) is 5.92 Å². The Morgan fingerprint density at radius 2 is 1.96 bits per heavy atom. The van der Waals surface area contributed by atoms with Crippen LogP contribution < -0.4 is 0 Å². The maximum Gasteiger partial charge on any atom is 0.339 e. The van der Waals surface area contributed by atoms with Crippen molar-refractivity contribution < 1.29 is 19.1 Å². The molecule has 1 N–H and O–H groups in total. The second kappa shape index (κ2) is 9.88. The molecule has 0 saturated carbocycles. The first kappa shape index (κ1) is 20.6. The molecule has 1 saturated heterocycles. The molecule has 0 aliphatic carbocycles. The van der Waals surface area contributed by atoms with E-state index < -0.39 is 24.3 Å². The van der Waals surface area contributed by atoms with Crippen LogP contribution in [0.3, 0.4) is 0 Å². The minimum absolute atomic E-state index is 0.0363. The quantitative estimate of drug-likeness (QED) is 0.416. The number of nitriles is 1. The van der Waals surface area contributed by atoms with Crippen LogP contribution in [0.5, 0.6) is 0 Å². The maximum absolute atomic E-state index is 12.3. The van der Waals surface area contributed by atoms with Crippen molar-refractivity contribution in [2.45, 2.75) is 24.7 Å². The Bertz CT molecular complexity index is 781. The van der Waals surface area contributed by atoms with Crippen molar-refractivity contribution in [1.29, 1.82) is 10.7 Å². The largest absolute Gasteiger partial charge is 0.454 e. The van der Waals surface area contributed by atoms with E-state index in [1.165, 1.54) is 18.7 Å². The Morgan fingerprint density at radius 3 is 2.59 bits per heavy atom. The van der Waals surface area contributed by atoms with Crippen molar-refractivity contribution >= 4 is 35.1 Å². The first-order chi connectivity index (χ1) is 12.9. The van der Waals surface area contributed by atoms with E-state index in [-0.39, 0.29) is 22.9 Å². The number of ether oxygens (including phenoxy) is 1. The highest BCUT2D eigenvalue weighted by atomic mass is 32.2. The van der Waals surface area contributed by atoms with Crippen LogP contribution in [0.1, 0.15) is 30.1 Å². The Labute approximate surface area is 162 Å². The fourth-order valence-electron chi connectivity index (χ4n) is 2.67. The number of rotatable bonds is 8. The van der Waals surface area contributed by atoms with Gasteiger partial charge in [-0.1, -0.05) is 12.1 Å². The highest BCUT2D eigenvalue weighted by Crippen LogP contribution is 2.24. The first-order valence-corrected chi connectivity index (χ1v) is 9.56. The zero-order valence-corrected chi connectivity index (χ0v) is 15.9. The number of hydrogen-bond donors (Lipinski definition) is 1. The van der Waals surface area contributed by atoms with Crippen LogP contribution in [0, 0.1) is 22.7 Å². The molecule has 1 aliphatic heterocycles. The molecule has 0 spiro atoms. The second-order valence-corrected chi connectivity index (χ2v) is 7.18. The molecule has 1 aromatic carbocycles. The van der Waals surface area contributed by atoms with Gasteiger partial charge in [-0.15, -0.1) is 11.8 Å². The SMILES string of the molecule is CC(=N)C(C#N)C(=O)COC(=O)c1ccccc1SCC(=O)N1CCCC1. The van der Waals surface area contributed by atoms with Crippen LogP contribution in [0.2, 0.25) is 0 Å². The van der Waals surface area contributed by atoms with Crippen molar-refractivity contribution in [1.82, 2.24) is 4.90 Å². The number of amides is 1. The van der Waals surface area contributed by atoms with E-state index in [1.54, 1.807) is 30.3 Å². The fraction of sp³-hybridized carbons (Fsp3) is 0.421. The van der Waals surface area contributed by atoms with Crippen LogP contribution in [0.25, 0.3) is 0 Å². The number of nitrogens with zero attached hydrogens (tertiary/aromatic N) is 2. The van der Waals surface area contributed by atoms with E-state index in [1.807, 2.05) is 4.90 Å². The van der Waals surface area contributed by atoms with Crippen molar-refractivity contribution in [3.8, 4) is 6.07 Å². The summed E-state index contributed by atoms with van der Waals surface area (Å²) in [6.45, 7) is 2.34. The second-order valence-electron chi connectivity index (χ2n) is 6.16. The average Bonchev–Trinajstić information content (AvgIpc) is 3.19. The number of hydrogen-bond acceptors (Lipinski definition) is 7. The van der Waals surface area contributed by atoms with E-state index in [9.17, 15) is 14.4 Å². The number of benzene rings is 1. The van der Waals surface area contributed by atoms with Gasteiger partial charge in [-0.3, -0.25) is 9.59 Å². The van der Waals surface area contributed by atoms with Gasteiger partial charge in [-0.25, -0.2) is 4.79 Å². The molecule has 2 rings (SSSR count). The molecule has 1 amide bonds. The van der Waals surface area contributed by atoms with Gasteiger partial charge in [0.15, 0.2) is 12.4 Å². The zero-order valence-electron chi connectivity index (χ0n) is 15.1. The minimum Gasteiger partial charge on any atom is -0.454 e. The summed E-state index contributed by atoms with van der Waals surface area (Å²) in [6, 6.07) is 8.44. The summed E-state index contributed by atoms with van der Waals surface area (Å²) in [5.41, 5.74) is 0.180. The van der Waals surface area contributed by atoms with Crippen LogP contribution in [-0.4, -0.2) is 53.7 Å². The maximum atomic E-state index is 12.3. The predicted molar refractivity (Wildman–Crippen MR) is 101 cm³/mol. The highest BCUT2D eigenvalue weighted by Gasteiger charge is 2.23. The number of carbonyl (C=O) groups excluding carboxylic acids is 3. The van der Waals surface area contributed by atoms with Gasteiger partial charge >= 0.3 is 5.97 Å². The van der Waals surface area contributed by atoms with E-state index in [2.05, 4.69) is 0 Å². The number of esters is 1. The Hall–Kier alpha value is -2.66. The number of nitrogens with one attached hydrogen (secondary N) is 1. The minimum atomic E-state index is -1.21. The topological polar surface area (TPSA) is 111 Å². The first-order valence-electron chi connectivity index (χ1n) is 8.58. The summed E-state index contributed by atoms with van der Waals surface area (Å²) in [4.78, 5) is 38.8. The molecule has 8 heteroatoms. The lowest BCUT2D eigenvalue weighted by atomic mass is 10.0. The van der Waals surface area contributed by atoms with Gasteiger partial charge in [0.1, 0.15) is 5.92 Å². The number of Topliss-reactive ketones (excluding diaryl/α,β-unsaturated/α-hetero) is 1. The van der Waals surface area contributed by atoms with E-state index in [0.29, 0.717) is 4.90 Å². The van der Waals surface area contributed by atoms with Crippen LogP contribution in [0.15, 0.2) is 29.2 Å². The van der Waals surface area contributed by atoms with Crippen LogP contribution in [0.4, 0.5) is 0 Å². The zero-order chi connectivity index (χ0) is 19.8. The smallest absolute Gasteiger partial charge is 0.339 e. The lowest BCUT2D eigenvalue weighted by Gasteiger charge is -2.15. The average molecular weight is 387 g/mol. The van der Waals surface area contributed by atoms with Crippen molar-refractivity contribution in [3.63, 3.8) is 0 Å². The van der Waals surface area contributed by atoms with Crippen molar-refractivity contribution in [2.75, 3.05) is 25.4 Å². The molecular weight excluding hydrogens is 366 g/mol. The molecule has 0 bridgehead atoms. The van der Waals surface area contributed by atoms with Gasteiger partial charge in [0.25, 0.3) is 0 Å². The van der Waals surface area contributed by atoms with Gasteiger partial charge in [0.2, 0.25) is 5.91 Å². The lowest BCUT2D eigenvalue weighted by molar-refractivity contribution is -0.127.